The number of carbonyl (C=O) groups excluding carboxylic acids is 2. The number of fused-ring (bicyclic) bond motifs is 2. The first-order chi connectivity index (χ1) is 11.3. The van der Waals surface area contributed by atoms with Crippen LogP contribution in [0.25, 0.3) is 0 Å². The largest absolute Gasteiger partial charge is 0.329 e. The summed E-state index contributed by atoms with van der Waals surface area (Å²) in [6.45, 7) is 10.3. The summed E-state index contributed by atoms with van der Waals surface area (Å²) in [5.41, 5.74) is 3.43. The van der Waals surface area contributed by atoms with Gasteiger partial charge in [-0.25, -0.2) is 0 Å². The van der Waals surface area contributed by atoms with E-state index in [0.29, 0.717) is 6.42 Å². The zero-order chi connectivity index (χ0) is 17.3. The van der Waals surface area contributed by atoms with Crippen molar-refractivity contribution in [1.29, 1.82) is 0 Å². The fraction of sp³-hybridized carbons (Fsp3) is 0.500. The molecule has 2 fully saturated rings. The van der Waals surface area contributed by atoms with Gasteiger partial charge in [-0.3, -0.25) is 9.59 Å². The molecule has 0 radical (unpaired) electrons. The van der Waals surface area contributed by atoms with E-state index in [-0.39, 0.29) is 28.8 Å². The molecule has 0 aromatic heterocycles. The Kier molecular flexibility index (Phi) is 3.03. The lowest BCUT2D eigenvalue weighted by atomic mass is 9.82. The molecule has 1 aromatic carbocycles. The van der Waals surface area contributed by atoms with E-state index in [0.717, 1.165) is 41.6 Å². The first kappa shape index (κ1) is 15.4. The van der Waals surface area contributed by atoms with Crippen LogP contribution in [0.5, 0.6) is 0 Å². The molecule has 2 amide bonds. The number of rotatable bonds is 1. The second-order valence-electron chi connectivity index (χ2n) is 8.33. The maximum Gasteiger partial charge on any atom is 0.255 e. The van der Waals surface area contributed by atoms with Gasteiger partial charge >= 0.3 is 0 Å². The van der Waals surface area contributed by atoms with E-state index < -0.39 is 0 Å². The van der Waals surface area contributed by atoms with E-state index in [1.807, 2.05) is 4.90 Å². The van der Waals surface area contributed by atoms with Crippen LogP contribution < -0.4 is 5.32 Å². The summed E-state index contributed by atoms with van der Waals surface area (Å²) in [6.07, 6.45) is 3.30. The Morgan fingerprint density at radius 3 is 2.54 bits per heavy atom. The van der Waals surface area contributed by atoms with Crippen molar-refractivity contribution in [3.63, 3.8) is 0 Å². The Morgan fingerprint density at radius 1 is 1.25 bits per heavy atom. The third-order valence-corrected chi connectivity index (χ3v) is 5.63. The number of piperidine rings is 1. The minimum Gasteiger partial charge on any atom is -0.329 e. The second kappa shape index (κ2) is 4.71. The topological polar surface area (TPSA) is 49.4 Å². The van der Waals surface area contributed by atoms with E-state index in [1.165, 1.54) is 0 Å². The Bertz CT molecular complexity index is 768. The molecular formula is C20H24N2O2. The zero-order valence-corrected chi connectivity index (χ0v) is 14.6. The first-order valence-corrected chi connectivity index (χ1v) is 8.72. The molecule has 1 unspecified atom stereocenters. The molecular weight excluding hydrogens is 300 g/mol. The summed E-state index contributed by atoms with van der Waals surface area (Å²) in [6, 6.07) is 5.80. The number of nitrogens with zero attached hydrogens (tertiary/aromatic N) is 1. The maximum absolute atomic E-state index is 13.4. The molecule has 1 saturated carbocycles. The predicted molar refractivity (Wildman–Crippen MR) is 92.5 cm³/mol. The normalized spacial score (nSPS) is 25.0. The smallest absolute Gasteiger partial charge is 0.255 e. The summed E-state index contributed by atoms with van der Waals surface area (Å²) in [5.74, 6) is -0.0586. The van der Waals surface area contributed by atoms with Crippen LogP contribution in [0.4, 0.5) is 0 Å². The number of hydrogen-bond donors (Lipinski definition) is 1. The van der Waals surface area contributed by atoms with Crippen LogP contribution in [0.1, 0.15) is 67.9 Å². The molecule has 1 saturated heterocycles. The molecule has 1 aliphatic carbocycles. The van der Waals surface area contributed by atoms with Gasteiger partial charge in [-0.1, -0.05) is 45.5 Å². The van der Waals surface area contributed by atoms with Crippen molar-refractivity contribution in [2.45, 2.75) is 63.5 Å². The third-order valence-electron chi connectivity index (χ3n) is 5.63. The standard InChI is InChI=1S/C20H24N2O2/c1-12-8-9-15(17(23)21-12)22-18(24)16-13(19(2,3)4)6-5-7-14(16)20(22)10-11-20/h5-7,15H,1,8-11H2,2-4H3,(H,21,23). The SMILES string of the molecule is C=C1CCC(N2C(=O)c3c(C(C)(C)C)cccc3C23CC3)C(=O)N1. The van der Waals surface area contributed by atoms with Crippen molar-refractivity contribution < 1.29 is 9.59 Å². The molecule has 0 bridgehead atoms. The average Bonchev–Trinajstić information content (AvgIpc) is 3.25. The van der Waals surface area contributed by atoms with Gasteiger partial charge in [-0.15, -0.1) is 0 Å². The average molecular weight is 324 g/mol. The maximum atomic E-state index is 13.4. The number of allylic oxidation sites excluding steroid dienone is 1. The minimum atomic E-state index is -0.384. The van der Waals surface area contributed by atoms with Gasteiger partial charge < -0.3 is 10.2 Å². The lowest BCUT2D eigenvalue weighted by Crippen LogP contribution is -2.53. The predicted octanol–water partition coefficient (Wildman–Crippen LogP) is 3.22. The molecule has 4 nitrogen and oxygen atoms in total. The van der Waals surface area contributed by atoms with E-state index in [9.17, 15) is 9.59 Å². The highest BCUT2D eigenvalue weighted by Gasteiger charge is 2.61. The molecule has 2 heterocycles. The number of carbonyl (C=O) groups is 2. The molecule has 2 aliphatic heterocycles. The number of amides is 2. The number of hydrogen-bond acceptors (Lipinski definition) is 2. The highest BCUT2D eigenvalue weighted by molar-refractivity contribution is 6.05. The van der Waals surface area contributed by atoms with Crippen LogP contribution in [0.15, 0.2) is 30.5 Å². The molecule has 3 aliphatic rings. The van der Waals surface area contributed by atoms with Crippen molar-refractivity contribution in [1.82, 2.24) is 10.2 Å². The zero-order valence-electron chi connectivity index (χ0n) is 14.6. The Labute approximate surface area is 142 Å². The van der Waals surface area contributed by atoms with Crippen molar-refractivity contribution in [3.05, 3.63) is 47.2 Å². The van der Waals surface area contributed by atoms with Crippen LogP contribution in [-0.4, -0.2) is 22.8 Å². The highest BCUT2D eigenvalue weighted by Crippen LogP contribution is 2.59. The fourth-order valence-electron chi connectivity index (χ4n) is 4.32. The monoisotopic (exact) mass is 324 g/mol. The van der Waals surface area contributed by atoms with Crippen molar-refractivity contribution in [3.8, 4) is 0 Å². The number of nitrogens with one attached hydrogen (secondary N) is 1. The van der Waals surface area contributed by atoms with Gasteiger partial charge in [0.25, 0.3) is 5.91 Å². The van der Waals surface area contributed by atoms with Crippen LogP contribution >= 0.6 is 0 Å². The van der Waals surface area contributed by atoms with Crippen molar-refractivity contribution >= 4 is 11.8 Å². The summed E-state index contributed by atoms with van der Waals surface area (Å²) >= 11 is 0. The second-order valence-corrected chi connectivity index (χ2v) is 8.33. The van der Waals surface area contributed by atoms with E-state index in [2.05, 4.69) is 50.9 Å². The van der Waals surface area contributed by atoms with E-state index >= 15 is 0 Å². The Morgan fingerprint density at radius 2 is 1.96 bits per heavy atom. The van der Waals surface area contributed by atoms with Gasteiger partial charge in [0, 0.05) is 11.3 Å². The summed E-state index contributed by atoms with van der Waals surface area (Å²) in [4.78, 5) is 27.8. The first-order valence-electron chi connectivity index (χ1n) is 8.72. The van der Waals surface area contributed by atoms with Gasteiger partial charge in [-0.05, 0) is 42.2 Å². The lowest BCUT2D eigenvalue weighted by Gasteiger charge is -2.35. The van der Waals surface area contributed by atoms with Crippen LogP contribution in [0, 0.1) is 0 Å². The molecule has 1 N–H and O–H groups in total. The number of benzene rings is 1. The molecule has 1 atom stereocenters. The quantitative estimate of drug-likeness (QED) is 0.862. The third kappa shape index (κ3) is 1.98. The summed E-state index contributed by atoms with van der Waals surface area (Å²) in [5, 5.41) is 2.84. The van der Waals surface area contributed by atoms with Crippen LogP contribution in [0.3, 0.4) is 0 Å². The van der Waals surface area contributed by atoms with Gasteiger partial charge in [0.1, 0.15) is 6.04 Å². The molecule has 4 heteroatoms. The van der Waals surface area contributed by atoms with Crippen molar-refractivity contribution in [2.24, 2.45) is 0 Å². The highest BCUT2D eigenvalue weighted by atomic mass is 16.2. The lowest BCUT2D eigenvalue weighted by molar-refractivity contribution is -0.127. The molecule has 126 valence electrons. The van der Waals surface area contributed by atoms with Crippen LogP contribution in [-0.2, 0) is 15.7 Å². The Balaban J connectivity index is 1.82. The molecule has 1 spiro atoms. The van der Waals surface area contributed by atoms with Gasteiger partial charge in [0.05, 0.1) is 5.54 Å². The molecule has 4 rings (SSSR count). The molecule has 24 heavy (non-hydrogen) atoms. The van der Waals surface area contributed by atoms with Gasteiger partial charge in [0.2, 0.25) is 5.91 Å². The Hall–Kier alpha value is -2.10. The summed E-state index contributed by atoms with van der Waals surface area (Å²) < 4.78 is 0. The van der Waals surface area contributed by atoms with Crippen LogP contribution in [0.2, 0.25) is 0 Å². The van der Waals surface area contributed by atoms with Crippen molar-refractivity contribution in [2.75, 3.05) is 0 Å². The van der Waals surface area contributed by atoms with Gasteiger partial charge in [-0.2, -0.15) is 0 Å². The summed E-state index contributed by atoms with van der Waals surface area (Å²) in [7, 11) is 0. The van der Waals surface area contributed by atoms with E-state index in [4.69, 9.17) is 0 Å². The molecule has 1 aromatic rings. The minimum absolute atomic E-state index is 0.0284. The van der Waals surface area contributed by atoms with E-state index in [1.54, 1.807) is 0 Å². The van der Waals surface area contributed by atoms with Gasteiger partial charge in [0.15, 0.2) is 0 Å². The fourth-order valence-corrected chi connectivity index (χ4v) is 4.32.